The first-order chi connectivity index (χ1) is 7.59. The molecular formula is C13H15FO2. The molecule has 0 bridgehead atoms. The van der Waals surface area contributed by atoms with Gasteiger partial charge in [-0.1, -0.05) is 5.57 Å². The van der Waals surface area contributed by atoms with E-state index in [1.54, 1.807) is 0 Å². The number of carbonyl (C=O) groups is 1. The smallest absolute Gasteiger partial charge is 0.188 e. The first kappa shape index (κ1) is 12.6. The quantitative estimate of drug-likeness (QED) is 0.420. The van der Waals surface area contributed by atoms with E-state index in [0.29, 0.717) is 12.2 Å². The molecule has 0 heterocycles. The van der Waals surface area contributed by atoms with Gasteiger partial charge in [-0.2, -0.15) is 0 Å². The summed E-state index contributed by atoms with van der Waals surface area (Å²) in [6.07, 6.45) is 0.747. The summed E-state index contributed by atoms with van der Waals surface area (Å²) < 4.78 is 17.8. The van der Waals surface area contributed by atoms with Gasteiger partial charge in [-0.3, -0.25) is 4.79 Å². The number of ether oxygens (including phenoxy) is 1. The third-order valence-electron chi connectivity index (χ3n) is 2.07. The minimum absolute atomic E-state index is 0.0267. The van der Waals surface area contributed by atoms with Crippen molar-refractivity contribution in [2.75, 3.05) is 13.2 Å². The molecule has 0 aromatic heterocycles. The molecule has 16 heavy (non-hydrogen) atoms. The zero-order valence-corrected chi connectivity index (χ0v) is 9.33. The Morgan fingerprint density at radius 3 is 2.56 bits per heavy atom. The molecule has 1 rings (SSSR count). The molecule has 0 fully saturated rings. The molecule has 0 saturated carbocycles. The van der Waals surface area contributed by atoms with Crippen molar-refractivity contribution in [1.29, 1.82) is 0 Å². The number of benzene rings is 1. The van der Waals surface area contributed by atoms with Gasteiger partial charge in [0, 0.05) is 5.56 Å². The van der Waals surface area contributed by atoms with Crippen molar-refractivity contribution in [3.8, 4) is 0 Å². The summed E-state index contributed by atoms with van der Waals surface area (Å²) in [7, 11) is 0. The van der Waals surface area contributed by atoms with Crippen molar-refractivity contribution >= 4 is 5.78 Å². The highest BCUT2D eigenvalue weighted by atomic mass is 19.1. The van der Waals surface area contributed by atoms with Gasteiger partial charge >= 0.3 is 0 Å². The summed E-state index contributed by atoms with van der Waals surface area (Å²) in [5.74, 6) is -0.485. The van der Waals surface area contributed by atoms with Crippen LogP contribution in [0, 0.1) is 5.82 Å². The maximum Gasteiger partial charge on any atom is 0.188 e. The topological polar surface area (TPSA) is 26.3 Å². The van der Waals surface area contributed by atoms with Crippen LogP contribution in [-0.4, -0.2) is 19.0 Å². The van der Waals surface area contributed by atoms with Gasteiger partial charge in [0.1, 0.15) is 12.4 Å². The summed E-state index contributed by atoms with van der Waals surface area (Å²) in [5.41, 5.74) is 1.49. The average molecular weight is 222 g/mol. The van der Waals surface area contributed by atoms with E-state index < -0.39 is 0 Å². The summed E-state index contributed by atoms with van der Waals surface area (Å²) in [4.78, 5) is 11.5. The van der Waals surface area contributed by atoms with E-state index in [1.807, 2.05) is 6.92 Å². The van der Waals surface area contributed by atoms with Crippen LogP contribution in [-0.2, 0) is 4.74 Å². The second kappa shape index (κ2) is 6.18. The van der Waals surface area contributed by atoms with Gasteiger partial charge in [-0.05, 0) is 37.6 Å². The molecule has 86 valence electrons. The Balaban J connectivity index is 2.35. The molecule has 0 atom stereocenters. The summed E-state index contributed by atoms with van der Waals surface area (Å²) in [6.45, 7) is 6.16. The molecule has 0 aliphatic carbocycles. The Bertz CT molecular complexity index is 368. The Labute approximate surface area is 94.7 Å². The van der Waals surface area contributed by atoms with Crippen molar-refractivity contribution < 1.29 is 13.9 Å². The van der Waals surface area contributed by atoms with Crippen LogP contribution in [0.15, 0.2) is 36.4 Å². The van der Waals surface area contributed by atoms with E-state index in [2.05, 4.69) is 6.58 Å². The Morgan fingerprint density at radius 2 is 2.00 bits per heavy atom. The van der Waals surface area contributed by atoms with E-state index in [1.165, 1.54) is 24.3 Å². The average Bonchev–Trinajstić information content (AvgIpc) is 2.25. The van der Waals surface area contributed by atoms with Gasteiger partial charge in [0.15, 0.2) is 5.78 Å². The first-order valence-electron chi connectivity index (χ1n) is 5.10. The van der Waals surface area contributed by atoms with E-state index in [-0.39, 0.29) is 18.2 Å². The summed E-state index contributed by atoms with van der Waals surface area (Å²) >= 11 is 0. The lowest BCUT2D eigenvalue weighted by molar-refractivity contribution is 0.0765. The predicted molar refractivity (Wildman–Crippen MR) is 61.0 cm³/mol. The van der Waals surface area contributed by atoms with Crippen LogP contribution < -0.4 is 0 Å². The highest BCUT2D eigenvalue weighted by Gasteiger charge is 2.05. The number of rotatable bonds is 6. The Morgan fingerprint density at radius 1 is 1.38 bits per heavy atom. The van der Waals surface area contributed by atoms with Crippen LogP contribution in [0.2, 0.25) is 0 Å². The Kier molecular flexibility index (Phi) is 4.86. The number of halogens is 1. The lowest BCUT2D eigenvalue weighted by Crippen LogP contribution is -2.09. The highest BCUT2D eigenvalue weighted by Crippen LogP contribution is 2.04. The minimum Gasteiger partial charge on any atom is -0.373 e. The fourth-order valence-electron chi connectivity index (χ4n) is 1.13. The van der Waals surface area contributed by atoms with E-state index >= 15 is 0 Å². The molecule has 3 heteroatoms. The van der Waals surface area contributed by atoms with Gasteiger partial charge in [0.2, 0.25) is 0 Å². The third-order valence-corrected chi connectivity index (χ3v) is 2.07. The Hall–Kier alpha value is -1.48. The van der Waals surface area contributed by atoms with Gasteiger partial charge in [0.25, 0.3) is 0 Å². The van der Waals surface area contributed by atoms with Crippen molar-refractivity contribution in [1.82, 2.24) is 0 Å². The molecule has 0 N–H and O–H groups in total. The number of hydrogen-bond donors (Lipinski definition) is 0. The monoisotopic (exact) mass is 222 g/mol. The molecule has 0 spiro atoms. The molecule has 0 aliphatic heterocycles. The maximum atomic E-state index is 12.6. The zero-order valence-electron chi connectivity index (χ0n) is 9.33. The predicted octanol–water partition coefficient (Wildman–Crippen LogP) is 2.99. The lowest BCUT2D eigenvalue weighted by atomic mass is 10.1. The molecule has 1 aromatic rings. The molecular weight excluding hydrogens is 207 g/mol. The fourth-order valence-corrected chi connectivity index (χ4v) is 1.13. The van der Waals surface area contributed by atoms with E-state index in [4.69, 9.17) is 4.74 Å². The SMILES string of the molecule is C=C(C)CCOCC(=O)c1ccc(F)cc1. The minimum atomic E-state index is -0.347. The number of Topliss-reactive ketones (excluding diaryl/α,β-unsaturated/α-hetero) is 1. The summed E-state index contributed by atoms with van der Waals surface area (Å²) in [6, 6.07) is 5.45. The van der Waals surface area contributed by atoms with Crippen LogP contribution in [0.3, 0.4) is 0 Å². The molecule has 2 nitrogen and oxygen atoms in total. The number of hydrogen-bond acceptors (Lipinski definition) is 2. The molecule has 0 radical (unpaired) electrons. The molecule has 0 amide bonds. The largest absolute Gasteiger partial charge is 0.373 e. The fraction of sp³-hybridized carbons (Fsp3) is 0.308. The second-order valence-corrected chi connectivity index (χ2v) is 3.69. The standard InChI is InChI=1S/C13H15FO2/c1-10(2)7-8-16-9-13(15)11-3-5-12(14)6-4-11/h3-6H,1,7-9H2,2H3. The normalized spacial score (nSPS) is 10.1. The van der Waals surface area contributed by atoms with Gasteiger partial charge in [0.05, 0.1) is 6.61 Å². The molecule has 0 saturated heterocycles. The van der Waals surface area contributed by atoms with Crippen LogP contribution >= 0.6 is 0 Å². The van der Waals surface area contributed by atoms with Crippen LogP contribution in [0.5, 0.6) is 0 Å². The van der Waals surface area contributed by atoms with Crippen molar-refractivity contribution in [3.63, 3.8) is 0 Å². The van der Waals surface area contributed by atoms with Crippen molar-refractivity contribution in [2.24, 2.45) is 0 Å². The summed E-state index contributed by atoms with van der Waals surface area (Å²) in [5, 5.41) is 0. The molecule has 0 aliphatic rings. The molecule has 1 aromatic carbocycles. The van der Waals surface area contributed by atoms with Gasteiger partial charge in [-0.15, -0.1) is 6.58 Å². The van der Waals surface area contributed by atoms with Crippen molar-refractivity contribution in [2.45, 2.75) is 13.3 Å². The third kappa shape index (κ3) is 4.36. The van der Waals surface area contributed by atoms with Crippen molar-refractivity contribution in [3.05, 3.63) is 47.8 Å². The van der Waals surface area contributed by atoms with E-state index in [9.17, 15) is 9.18 Å². The number of ketones is 1. The van der Waals surface area contributed by atoms with Gasteiger partial charge in [-0.25, -0.2) is 4.39 Å². The van der Waals surface area contributed by atoms with Gasteiger partial charge < -0.3 is 4.74 Å². The van der Waals surface area contributed by atoms with Crippen LogP contribution in [0.25, 0.3) is 0 Å². The molecule has 0 unspecified atom stereocenters. The number of carbonyl (C=O) groups excluding carboxylic acids is 1. The maximum absolute atomic E-state index is 12.6. The lowest BCUT2D eigenvalue weighted by Gasteiger charge is -2.03. The van der Waals surface area contributed by atoms with Crippen LogP contribution in [0.4, 0.5) is 4.39 Å². The van der Waals surface area contributed by atoms with E-state index in [0.717, 1.165) is 12.0 Å². The first-order valence-corrected chi connectivity index (χ1v) is 5.10. The zero-order chi connectivity index (χ0) is 12.0. The second-order valence-electron chi connectivity index (χ2n) is 3.69. The highest BCUT2D eigenvalue weighted by molar-refractivity contribution is 5.96. The van der Waals surface area contributed by atoms with Crippen LogP contribution in [0.1, 0.15) is 23.7 Å².